The van der Waals surface area contributed by atoms with Crippen molar-refractivity contribution < 1.29 is 4.74 Å². The van der Waals surface area contributed by atoms with Crippen LogP contribution in [0.15, 0.2) is 18.3 Å². The lowest BCUT2D eigenvalue weighted by Crippen LogP contribution is -2.53. The molecule has 0 radical (unpaired) electrons. The van der Waals surface area contributed by atoms with Crippen LogP contribution in [0.4, 0.5) is 5.69 Å². The number of halogens is 1. The molecular formula is C13H19BrN2O. The molecule has 0 amide bonds. The summed E-state index contributed by atoms with van der Waals surface area (Å²) in [6, 6.07) is 4.20. The highest BCUT2D eigenvalue weighted by atomic mass is 79.9. The zero-order chi connectivity index (χ0) is 12.5. The monoisotopic (exact) mass is 298 g/mol. The number of pyridine rings is 1. The predicted molar refractivity (Wildman–Crippen MR) is 73.9 cm³/mol. The van der Waals surface area contributed by atoms with E-state index in [0.29, 0.717) is 0 Å². The van der Waals surface area contributed by atoms with Crippen molar-refractivity contribution in [3.8, 4) is 0 Å². The molecule has 1 aliphatic heterocycles. The molecule has 0 aliphatic carbocycles. The van der Waals surface area contributed by atoms with Crippen LogP contribution < -0.4 is 4.90 Å². The molecular weight excluding hydrogens is 280 g/mol. The van der Waals surface area contributed by atoms with Crippen LogP contribution in [0.2, 0.25) is 0 Å². The number of rotatable bonds is 2. The van der Waals surface area contributed by atoms with Gasteiger partial charge in [-0.2, -0.15) is 0 Å². The Morgan fingerprint density at radius 2 is 2.35 bits per heavy atom. The molecule has 17 heavy (non-hydrogen) atoms. The van der Waals surface area contributed by atoms with Crippen molar-refractivity contribution in [3.05, 3.63) is 24.0 Å². The third kappa shape index (κ3) is 3.19. The Kier molecular flexibility index (Phi) is 3.73. The number of anilines is 1. The lowest BCUT2D eigenvalue weighted by atomic mass is 10.0. The van der Waals surface area contributed by atoms with Crippen molar-refractivity contribution in [1.82, 2.24) is 4.98 Å². The number of hydrogen-bond acceptors (Lipinski definition) is 3. The molecule has 4 heteroatoms. The van der Waals surface area contributed by atoms with Crippen molar-refractivity contribution in [2.75, 3.05) is 23.3 Å². The molecule has 1 fully saturated rings. The van der Waals surface area contributed by atoms with Gasteiger partial charge in [-0.15, -0.1) is 0 Å². The summed E-state index contributed by atoms with van der Waals surface area (Å²) in [6.45, 7) is 8.15. The van der Waals surface area contributed by atoms with E-state index in [2.05, 4.69) is 51.8 Å². The second kappa shape index (κ2) is 4.94. The zero-order valence-electron chi connectivity index (χ0n) is 10.6. The van der Waals surface area contributed by atoms with Crippen LogP contribution in [0, 0.1) is 6.92 Å². The van der Waals surface area contributed by atoms with Gasteiger partial charge in [0.1, 0.15) is 0 Å². The first-order chi connectivity index (χ1) is 8.00. The van der Waals surface area contributed by atoms with E-state index < -0.39 is 0 Å². The van der Waals surface area contributed by atoms with Crippen molar-refractivity contribution in [2.24, 2.45) is 0 Å². The minimum atomic E-state index is -0.103. The molecule has 2 rings (SSSR count). The Bertz CT molecular complexity index is 395. The van der Waals surface area contributed by atoms with Gasteiger partial charge < -0.3 is 9.64 Å². The first-order valence-electron chi connectivity index (χ1n) is 5.91. The molecule has 2 heterocycles. The van der Waals surface area contributed by atoms with Crippen LogP contribution in [0.1, 0.15) is 19.5 Å². The summed E-state index contributed by atoms with van der Waals surface area (Å²) < 4.78 is 6.00. The van der Waals surface area contributed by atoms with Gasteiger partial charge in [-0.3, -0.25) is 4.98 Å². The summed E-state index contributed by atoms with van der Waals surface area (Å²) in [7, 11) is 0. The maximum Gasteiger partial charge on any atom is 0.0854 e. The number of alkyl halides is 1. The van der Waals surface area contributed by atoms with E-state index >= 15 is 0 Å². The Balaban J connectivity index is 2.20. The SMILES string of the molecule is Cc1cc(N2CC(CBr)OC(C)(C)C2)ccn1. The second-order valence-electron chi connectivity index (χ2n) is 5.19. The van der Waals surface area contributed by atoms with E-state index in [4.69, 9.17) is 4.74 Å². The first kappa shape index (κ1) is 12.8. The molecule has 0 saturated carbocycles. The molecule has 94 valence electrons. The highest BCUT2D eigenvalue weighted by Gasteiger charge is 2.32. The number of nitrogens with zero attached hydrogens (tertiary/aromatic N) is 2. The van der Waals surface area contributed by atoms with Crippen LogP contribution in [-0.2, 0) is 4.74 Å². The normalized spacial score (nSPS) is 23.8. The van der Waals surface area contributed by atoms with Gasteiger partial charge >= 0.3 is 0 Å². The van der Waals surface area contributed by atoms with Crippen LogP contribution in [0.5, 0.6) is 0 Å². The third-order valence-electron chi connectivity index (χ3n) is 2.90. The van der Waals surface area contributed by atoms with E-state index in [0.717, 1.165) is 24.1 Å². The molecule has 0 aromatic carbocycles. The number of hydrogen-bond donors (Lipinski definition) is 0. The summed E-state index contributed by atoms with van der Waals surface area (Å²) >= 11 is 3.51. The summed E-state index contributed by atoms with van der Waals surface area (Å²) in [6.07, 6.45) is 2.11. The average molecular weight is 299 g/mol. The number of aryl methyl sites for hydroxylation is 1. The molecule has 3 nitrogen and oxygen atoms in total. The molecule has 1 atom stereocenters. The second-order valence-corrected chi connectivity index (χ2v) is 5.84. The minimum Gasteiger partial charge on any atom is -0.368 e. The van der Waals surface area contributed by atoms with Crippen LogP contribution in [-0.4, -0.2) is 35.1 Å². The van der Waals surface area contributed by atoms with E-state index in [1.807, 2.05) is 13.1 Å². The molecule has 1 saturated heterocycles. The number of ether oxygens (including phenoxy) is 1. The smallest absolute Gasteiger partial charge is 0.0854 e. The molecule has 1 aliphatic rings. The van der Waals surface area contributed by atoms with Gasteiger partial charge in [0.05, 0.1) is 11.7 Å². The summed E-state index contributed by atoms with van der Waals surface area (Å²) in [5.74, 6) is 0. The maximum atomic E-state index is 6.00. The fourth-order valence-electron chi connectivity index (χ4n) is 2.30. The maximum absolute atomic E-state index is 6.00. The highest BCUT2D eigenvalue weighted by Crippen LogP contribution is 2.26. The van der Waals surface area contributed by atoms with E-state index in [-0.39, 0.29) is 11.7 Å². The average Bonchev–Trinajstić information content (AvgIpc) is 2.27. The predicted octanol–water partition coefficient (Wildman–Crippen LogP) is 2.77. The van der Waals surface area contributed by atoms with E-state index in [9.17, 15) is 0 Å². The fraction of sp³-hybridized carbons (Fsp3) is 0.615. The van der Waals surface area contributed by atoms with Crippen molar-refractivity contribution in [2.45, 2.75) is 32.5 Å². The Hall–Kier alpha value is -0.610. The van der Waals surface area contributed by atoms with Gasteiger partial charge in [0, 0.05) is 36.0 Å². The van der Waals surface area contributed by atoms with E-state index in [1.54, 1.807) is 0 Å². The number of aromatic nitrogens is 1. The van der Waals surface area contributed by atoms with Gasteiger partial charge in [-0.1, -0.05) is 15.9 Å². The quantitative estimate of drug-likeness (QED) is 0.785. The van der Waals surface area contributed by atoms with Crippen molar-refractivity contribution in [1.29, 1.82) is 0 Å². The Morgan fingerprint density at radius 3 is 3.00 bits per heavy atom. The summed E-state index contributed by atoms with van der Waals surface area (Å²) in [4.78, 5) is 6.62. The molecule has 1 aromatic rings. The van der Waals surface area contributed by atoms with Crippen LogP contribution in [0.3, 0.4) is 0 Å². The fourth-order valence-corrected chi connectivity index (χ4v) is 2.64. The van der Waals surface area contributed by atoms with Crippen LogP contribution >= 0.6 is 15.9 Å². The number of morpholine rings is 1. The lowest BCUT2D eigenvalue weighted by Gasteiger charge is -2.43. The molecule has 0 bridgehead atoms. The molecule has 1 unspecified atom stereocenters. The summed E-state index contributed by atoms with van der Waals surface area (Å²) in [5.41, 5.74) is 2.19. The van der Waals surface area contributed by atoms with Gasteiger partial charge in [0.25, 0.3) is 0 Å². The molecule has 1 aromatic heterocycles. The van der Waals surface area contributed by atoms with Crippen molar-refractivity contribution >= 4 is 21.6 Å². The highest BCUT2D eigenvalue weighted by molar-refractivity contribution is 9.09. The van der Waals surface area contributed by atoms with Gasteiger partial charge in [0.15, 0.2) is 0 Å². The molecule has 0 N–H and O–H groups in total. The lowest BCUT2D eigenvalue weighted by molar-refractivity contribution is -0.0724. The van der Waals surface area contributed by atoms with Crippen molar-refractivity contribution in [3.63, 3.8) is 0 Å². The third-order valence-corrected chi connectivity index (χ3v) is 3.62. The molecule has 0 spiro atoms. The standard InChI is InChI=1S/C13H19BrN2O/c1-10-6-11(4-5-15-10)16-8-12(7-14)17-13(2,3)9-16/h4-6,12H,7-9H2,1-3H3. The Labute approximate surface area is 111 Å². The summed E-state index contributed by atoms with van der Waals surface area (Å²) in [5, 5.41) is 0.872. The topological polar surface area (TPSA) is 25.4 Å². The minimum absolute atomic E-state index is 0.103. The van der Waals surface area contributed by atoms with E-state index in [1.165, 1.54) is 5.69 Å². The Morgan fingerprint density at radius 1 is 1.59 bits per heavy atom. The van der Waals surface area contributed by atoms with Gasteiger partial charge in [0.2, 0.25) is 0 Å². The zero-order valence-corrected chi connectivity index (χ0v) is 12.2. The van der Waals surface area contributed by atoms with Crippen LogP contribution in [0.25, 0.3) is 0 Å². The van der Waals surface area contributed by atoms with Gasteiger partial charge in [-0.25, -0.2) is 0 Å². The van der Waals surface area contributed by atoms with Gasteiger partial charge in [-0.05, 0) is 32.9 Å². The largest absolute Gasteiger partial charge is 0.368 e. The first-order valence-corrected chi connectivity index (χ1v) is 7.04.